The molecule has 1 saturated heterocycles. The molecule has 3 aromatic rings. The molecule has 0 aromatic carbocycles. The van der Waals surface area contributed by atoms with Crippen molar-refractivity contribution in [3.63, 3.8) is 0 Å². The third-order valence-electron chi connectivity index (χ3n) is 8.69. The molecule has 0 spiro atoms. The minimum Gasteiger partial charge on any atom is -0.390 e. The second kappa shape index (κ2) is 12.3. The van der Waals surface area contributed by atoms with Crippen molar-refractivity contribution >= 4 is 29.9 Å². The fraction of sp³-hybridized carbons (Fsp3) is 0.344. The summed E-state index contributed by atoms with van der Waals surface area (Å²) in [7, 11) is 0. The lowest BCUT2D eigenvalue weighted by atomic mass is 9.89. The molecule has 11 heteroatoms. The molecular weight excluding hydrogens is 542 g/mol. The molecule has 3 aliphatic rings. The quantitative estimate of drug-likeness (QED) is 0.259. The molecule has 4 N–H and O–H groups in total. The van der Waals surface area contributed by atoms with Gasteiger partial charge in [-0.3, -0.25) is 9.79 Å². The van der Waals surface area contributed by atoms with Crippen molar-refractivity contribution in [2.45, 2.75) is 50.4 Å². The maximum Gasteiger partial charge on any atom is 0.246 e. The number of nitrogen functional groups attached to an aromatic ring is 1. The summed E-state index contributed by atoms with van der Waals surface area (Å²) in [4.78, 5) is 29.4. The van der Waals surface area contributed by atoms with Crippen LogP contribution in [0.25, 0.3) is 5.82 Å². The highest BCUT2D eigenvalue weighted by molar-refractivity contribution is 5.87. The van der Waals surface area contributed by atoms with Crippen molar-refractivity contribution in [1.82, 2.24) is 30.0 Å². The monoisotopic (exact) mass is 579 g/mol. The molecule has 4 atom stereocenters. The number of β-amino-alcohol motifs (C(OH)–C–C–N with tert-alkyl or cyclic N) is 1. The highest BCUT2D eigenvalue weighted by Gasteiger charge is 2.38. The number of nitrogens with zero attached hydrogens (tertiary/aromatic N) is 7. The smallest absolute Gasteiger partial charge is 0.246 e. The van der Waals surface area contributed by atoms with E-state index >= 15 is 0 Å². The molecule has 1 saturated carbocycles. The molecule has 6 rings (SSSR count). The number of hydrogen-bond donors (Lipinski definition) is 3. The van der Waals surface area contributed by atoms with Gasteiger partial charge in [-0.1, -0.05) is 24.3 Å². The number of carbonyl (C=O) groups is 1. The predicted molar refractivity (Wildman–Crippen MR) is 167 cm³/mol. The van der Waals surface area contributed by atoms with E-state index in [1.807, 2.05) is 36.5 Å². The van der Waals surface area contributed by atoms with Crippen molar-refractivity contribution in [2.75, 3.05) is 23.7 Å². The molecule has 2 aliphatic carbocycles. The lowest BCUT2D eigenvalue weighted by molar-refractivity contribution is -0.129. The number of likely N-dealkylation sites (tertiary alicyclic amines) is 1. The van der Waals surface area contributed by atoms with E-state index in [9.17, 15) is 9.90 Å². The average Bonchev–Trinajstić information content (AvgIpc) is 3.71. The molecule has 3 aromatic heterocycles. The largest absolute Gasteiger partial charge is 0.390 e. The first-order valence-corrected chi connectivity index (χ1v) is 14.7. The number of rotatable bonds is 9. The molecule has 222 valence electrons. The first kappa shape index (κ1) is 28.5. The van der Waals surface area contributed by atoms with Gasteiger partial charge in [0.15, 0.2) is 11.6 Å². The van der Waals surface area contributed by atoms with Crippen LogP contribution in [-0.2, 0) is 11.3 Å². The maximum absolute atomic E-state index is 12.0. The second-order valence-electron chi connectivity index (χ2n) is 11.2. The van der Waals surface area contributed by atoms with E-state index in [0.29, 0.717) is 55.1 Å². The minimum absolute atomic E-state index is 0.0518. The van der Waals surface area contributed by atoms with Crippen LogP contribution < -0.4 is 16.0 Å². The third-order valence-corrected chi connectivity index (χ3v) is 8.69. The van der Waals surface area contributed by atoms with E-state index in [-0.39, 0.29) is 18.0 Å². The molecule has 4 unspecified atom stereocenters. The number of aliphatic imine (C=N–C) groups is 1. The van der Waals surface area contributed by atoms with Crippen LogP contribution in [0.5, 0.6) is 0 Å². The first-order valence-electron chi connectivity index (χ1n) is 14.7. The van der Waals surface area contributed by atoms with Gasteiger partial charge in [-0.2, -0.15) is 5.10 Å². The normalized spacial score (nSPS) is 23.2. The van der Waals surface area contributed by atoms with Crippen LogP contribution >= 0.6 is 0 Å². The number of aliphatic hydroxyl groups excluding tert-OH is 1. The summed E-state index contributed by atoms with van der Waals surface area (Å²) >= 11 is 0. The van der Waals surface area contributed by atoms with Gasteiger partial charge in [-0.05, 0) is 74.7 Å². The Morgan fingerprint density at radius 1 is 1.23 bits per heavy atom. The number of amides is 1. The van der Waals surface area contributed by atoms with Gasteiger partial charge in [0.1, 0.15) is 11.5 Å². The number of carbonyl (C=O) groups excluding carboxylic acids is 1. The van der Waals surface area contributed by atoms with Crippen LogP contribution in [0.15, 0.2) is 90.0 Å². The van der Waals surface area contributed by atoms with Crippen LogP contribution in [0.1, 0.15) is 31.2 Å². The van der Waals surface area contributed by atoms with Gasteiger partial charge in [0.2, 0.25) is 5.91 Å². The number of aliphatic hydroxyl groups is 1. The highest BCUT2D eigenvalue weighted by Crippen LogP contribution is 2.41. The molecule has 4 heterocycles. The summed E-state index contributed by atoms with van der Waals surface area (Å²) in [5, 5.41) is 18.9. The number of hydrogen-bond acceptors (Lipinski definition) is 9. The minimum atomic E-state index is -0.612. The number of anilines is 2. The standard InChI is InChI=1S/C32H37N9O2/c1-3-30(43)39-17-13-26(28(42)20-39)37-25-10-7-21-18-23(8-9-24(21)25)40(19-22-6-4-14-35-31(22)33)32-27(34-2)11-12-29(38-32)41-16-5-15-36-41/h3-6,8,11-12,14-16,18,24-26,28,37,42H,1-2,7,9-10,13,17,19-20H2,(H2,33,35). The molecular formula is C32H37N9O2. The van der Waals surface area contributed by atoms with E-state index < -0.39 is 6.10 Å². The molecule has 1 amide bonds. The van der Waals surface area contributed by atoms with Crippen LogP contribution in [0.3, 0.4) is 0 Å². The number of nitrogens with one attached hydrogen (secondary N) is 1. The summed E-state index contributed by atoms with van der Waals surface area (Å²) in [6.07, 6.45) is 14.0. The first-order chi connectivity index (χ1) is 20.9. The SMILES string of the molecule is C=CC(=O)N1CCC(NC2CCC3=CC(N(Cc4cccnc4N)c4nc(-n5cccn5)ccc4N=C)=CCC32)C(O)C1. The summed E-state index contributed by atoms with van der Waals surface area (Å²) in [5.74, 6) is 1.99. The Morgan fingerprint density at radius 2 is 2.12 bits per heavy atom. The Bertz CT molecular complexity index is 1560. The van der Waals surface area contributed by atoms with Crippen molar-refractivity contribution in [3.05, 3.63) is 90.6 Å². The number of nitrogens with two attached hydrogens (primary N) is 1. The fourth-order valence-corrected chi connectivity index (χ4v) is 6.40. The zero-order valence-corrected chi connectivity index (χ0v) is 24.1. The zero-order chi connectivity index (χ0) is 29.9. The van der Waals surface area contributed by atoms with Gasteiger partial charge in [0.25, 0.3) is 0 Å². The highest BCUT2D eigenvalue weighted by atomic mass is 16.3. The van der Waals surface area contributed by atoms with Crippen LogP contribution in [-0.4, -0.2) is 73.7 Å². The summed E-state index contributed by atoms with van der Waals surface area (Å²) in [6, 6.07) is 9.69. The molecule has 2 fully saturated rings. The molecule has 11 nitrogen and oxygen atoms in total. The Hall–Kier alpha value is -4.61. The molecule has 0 bridgehead atoms. The van der Waals surface area contributed by atoms with Crippen molar-refractivity contribution in [1.29, 1.82) is 0 Å². The predicted octanol–water partition coefficient (Wildman–Crippen LogP) is 3.31. The Kier molecular flexibility index (Phi) is 8.17. The fourth-order valence-electron chi connectivity index (χ4n) is 6.40. The molecule has 43 heavy (non-hydrogen) atoms. The lowest BCUT2D eigenvalue weighted by Gasteiger charge is -2.38. The number of allylic oxidation sites excluding steroid dienone is 2. The summed E-state index contributed by atoms with van der Waals surface area (Å²) < 4.78 is 1.72. The summed E-state index contributed by atoms with van der Waals surface area (Å²) in [5.41, 5.74) is 10.2. The Morgan fingerprint density at radius 3 is 2.86 bits per heavy atom. The van der Waals surface area contributed by atoms with Gasteiger partial charge >= 0.3 is 0 Å². The lowest BCUT2D eigenvalue weighted by Crippen LogP contribution is -2.56. The van der Waals surface area contributed by atoms with E-state index in [2.05, 4.69) is 50.7 Å². The Labute approximate surface area is 251 Å². The van der Waals surface area contributed by atoms with Gasteiger partial charge < -0.3 is 26.0 Å². The van der Waals surface area contributed by atoms with E-state index in [4.69, 9.17) is 10.7 Å². The van der Waals surface area contributed by atoms with Gasteiger partial charge in [-0.25, -0.2) is 14.6 Å². The van der Waals surface area contributed by atoms with Crippen LogP contribution in [0, 0.1) is 5.92 Å². The number of piperidine rings is 1. The van der Waals surface area contributed by atoms with Crippen LogP contribution in [0.4, 0.5) is 17.3 Å². The van der Waals surface area contributed by atoms with E-state index in [0.717, 1.165) is 30.5 Å². The number of pyridine rings is 2. The van der Waals surface area contributed by atoms with Crippen molar-refractivity contribution in [3.8, 4) is 5.82 Å². The van der Waals surface area contributed by atoms with E-state index in [1.165, 1.54) is 11.6 Å². The average molecular weight is 580 g/mol. The molecule has 0 radical (unpaired) electrons. The number of aromatic nitrogens is 4. The van der Waals surface area contributed by atoms with Gasteiger partial charge in [-0.15, -0.1) is 0 Å². The zero-order valence-electron chi connectivity index (χ0n) is 24.1. The van der Waals surface area contributed by atoms with Gasteiger partial charge in [0, 0.05) is 55.0 Å². The summed E-state index contributed by atoms with van der Waals surface area (Å²) in [6.45, 7) is 8.77. The van der Waals surface area contributed by atoms with E-state index in [1.54, 1.807) is 22.0 Å². The van der Waals surface area contributed by atoms with Crippen molar-refractivity contribution < 1.29 is 9.90 Å². The number of fused-ring (bicyclic) bond motifs is 1. The van der Waals surface area contributed by atoms with Crippen molar-refractivity contribution in [2.24, 2.45) is 10.9 Å². The Balaban J connectivity index is 1.26. The van der Waals surface area contributed by atoms with Gasteiger partial charge in [0.05, 0.1) is 12.6 Å². The second-order valence-corrected chi connectivity index (χ2v) is 11.2. The third kappa shape index (κ3) is 5.86. The maximum atomic E-state index is 12.0. The van der Waals surface area contributed by atoms with Crippen LogP contribution in [0.2, 0.25) is 0 Å². The molecule has 1 aliphatic heterocycles. The topological polar surface area (TPSA) is 138 Å².